The normalized spacial score (nSPS) is 11.5. The van der Waals surface area contributed by atoms with Crippen LogP contribution in [0.4, 0.5) is 0 Å². The summed E-state index contributed by atoms with van der Waals surface area (Å²) in [6, 6.07) is 9.59. The minimum absolute atomic E-state index is 0.161. The average Bonchev–Trinajstić information content (AvgIpc) is 2.56. The fourth-order valence-electron chi connectivity index (χ4n) is 1.96. The Morgan fingerprint density at radius 2 is 2.00 bits per heavy atom. The van der Waals surface area contributed by atoms with E-state index in [1.807, 2.05) is 30.3 Å². The molecule has 1 rings (SSSR count). The first-order valence-electron chi connectivity index (χ1n) is 8.16. The fraction of sp³-hybridized carbons (Fsp3) is 0.400. The number of carbonyl (C=O) groups excluding carboxylic acids is 2. The van der Waals surface area contributed by atoms with Crippen LogP contribution in [0, 0.1) is 11.8 Å². The van der Waals surface area contributed by atoms with Crippen molar-refractivity contribution in [2.75, 3.05) is 13.6 Å². The van der Waals surface area contributed by atoms with E-state index in [1.54, 1.807) is 13.1 Å². The summed E-state index contributed by atoms with van der Waals surface area (Å²) in [5.41, 5.74) is 0.954. The minimum atomic E-state index is -0.599. The van der Waals surface area contributed by atoms with Gasteiger partial charge in [0, 0.05) is 26.5 Å². The van der Waals surface area contributed by atoms with Crippen molar-refractivity contribution < 1.29 is 14.3 Å². The number of hydrogen-bond donors (Lipinski definition) is 0. The number of esters is 1. The van der Waals surface area contributed by atoms with Gasteiger partial charge in [-0.3, -0.25) is 9.59 Å². The summed E-state index contributed by atoms with van der Waals surface area (Å²) in [7, 11) is 1.67. The van der Waals surface area contributed by atoms with E-state index in [0.717, 1.165) is 24.8 Å². The zero-order valence-corrected chi connectivity index (χ0v) is 14.6. The lowest BCUT2D eigenvalue weighted by molar-refractivity contribution is -0.145. The number of likely N-dealkylation sites (N-methyl/N-ethyl adjacent to an activating group) is 1. The van der Waals surface area contributed by atoms with Crippen molar-refractivity contribution in [3.05, 3.63) is 42.0 Å². The molecule has 0 saturated carbocycles. The van der Waals surface area contributed by atoms with Gasteiger partial charge in [-0.1, -0.05) is 55.5 Å². The molecule has 4 nitrogen and oxygen atoms in total. The Bertz CT molecular complexity index is 611. The molecule has 0 aliphatic carbocycles. The van der Waals surface area contributed by atoms with Crippen LogP contribution in [-0.2, 0) is 14.3 Å². The smallest absolute Gasteiger partial charge is 0.303 e. The number of amides is 1. The monoisotopic (exact) mass is 327 g/mol. The van der Waals surface area contributed by atoms with Crippen LogP contribution < -0.4 is 0 Å². The number of rotatable bonds is 7. The van der Waals surface area contributed by atoms with Gasteiger partial charge in [0.05, 0.1) is 6.54 Å². The lowest BCUT2D eigenvalue weighted by atomic mass is 10.2. The van der Waals surface area contributed by atoms with Gasteiger partial charge < -0.3 is 9.64 Å². The second-order valence-electron chi connectivity index (χ2n) is 5.49. The molecule has 0 aromatic heterocycles. The molecule has 128 valence electrons. The van der Waals surface area contributed by atoms with Crippen LogP contribution >= 0.6 is 0 Å². The summed E-state index contributed by atoms with van der Waals surface area (Å²) in [4.78, 5) is 24.9. The van der Waals surface area contributed by atoms with Gasteiger partial charge in [0.25, 0.3) is 0 Å². The highest BCUT2D eigenvalue weighted by atomic mass is 16.5. The summed E-state index contributed by atoms with van der Waals surface area (Å²) in [6.45, 7) is 3.69. The number of hydrogen-bond acceptors (Lipinski definition) is 3. The molecule has 0 fully saturated rings. The van der Waals surface area contributed by atoms with Crippen molar-refractivity contribution >= 4 is 18.0 Å². The molecule has 1 amide bonds. The maximum atomic E-state index is 12.2. The molecule has 0 aliphatic rings. The molecule has 0 bridgehead atoms. The van der Waals surface area contributed by atoms with E-state index >= 15 is 0 Å². The second-order valence-corrected chi connectivity index (χ2v) is 5.49. The van der Waals surface area contributed by atoms with Crippen LogP contribution in [0.1, 0.15) is 38.7 Å². The lowest BCUT2D eigenvalue weighted by Gasteiger charge is -2.19. The topological polar surface area (TPSA) is 46.6 Å². The largest absolute Gasteiger partial charge is 0.447 e. The molecule has 0 saturated heterocycles. The predicted molar refractivity (Wildman–Crippen MR) is 96.0 cm³/mol. The van der Waals surface area contributed by atoms with Gasteiger partial charge in [-0.15, -0.1) is 0 Å². The SMILES string of the molecule is CCCCC#CC(CN(C)C(=O)/C=C/c1ccccc1)OC(C)=O. The molecule has 24 heavy (non-hydrogen) atoms. The van der Waals surface area contributed by atoms with Crippen LogP contribution in [0.3, 0.4) is 0 Å². The number of benzene rings is 1. The van der Waals surface area contributed by atoms with Gasteiger partial charge in [0.2, 0.25) is 5.91 Å². The third-order valence-corrected chi connectivity index (χ3v) is 3.26. The zero-order valence-electron chi connectivity index (χ0n) is 14.6. The first-order chi connectivity index (χ1) is 11.5. The third kappa shape index (κ3) is 8.19. The number of ether oxygens (including phenoxy) is 1. The van der Waals surface area contributed by atoms with Crippen molar-refractivity contribution in [2.45, 2.75) is 39.2 Å². The van der Waals surface area contributed by atoms with Crippen molar-refractivity contribution in [2.24, 2.45) is 0 Å². The summed E-state index contributed by atoms with van der Waals surface area (Å²) < 4.78 is 5.18. The quantitative estimate of drug-likeness (QED) is 0.334. The maximum Gasteiger partial charge on any atom is 0.303 e. The molecule has 0 spiro atoms. The van der Waals surface area contributed by atoms with E-state index in [4.69, 9.17) is 4.74 Å². The number of unbranched alkanes of at least 4 members (excludes halogenated alkanes) is 2. The summed E-state index contributed by atoms with van der Waals surface area (Å²) in [5.74, 6) is 5.39. The van der Waals surface area contributed by atoms with E-state index in [9.17, 15) is 9.59 Å². The van der Waals surface area contributed by atoms with Gasteiger partial charge in [-0.25, -0.2) is 0 Å². The highest BCUT2D eigenvalue weighted by Gasteiger charge is 2.14. The molecule has 0 N–H and O–H groups in total. The Kier molecular flexibility index (Phi) is 8.99. The minimum Gasteiger partial charge on any atom is -0.447 e. The van der Waals surface area contributed by atoms with E-state index in [1.165, 1.54) is 17.9 Å². The van der Waals surface area contributed by atoms with Gasteiger partial charge in [-0.05, 0) is 18.1 Å². The van der Waals surface area contributed by atoms with Crippen molar-refractivity contribution in [3.63, 3.8) is 0 Å². The standard InChI is InChI=1S/C20H25NO3/c1-4-5-6-10-13-19(24-17(2)22)16-21(3)20(23)15-14-18-11-8-7-9-12-18/h7-9,11-12,14-15,19H,4-6,16H2,1-3H3/b15-14+. The third-order valence-electron chi connectivity index (χ3n) is 3.26. The Hall–Kier alpha value is -2.54. The Labute approximate surface area is 144 Å². The fourth-order valence-corrected chi connectivity index (χ4v) is 1.96. The van der Waals surface area contributed by atoms with Crippen LogP contribution in [0.5, 0.6) is 0 Å². The average molecular weight is 327 g/mol. The molecular formula is C20H25NO3. The van der Waals surface area contributed by atoms with E-state index in [0.29, 0.717) is 0 Å². The van der Waals surface area contributed by atoms with E-state index < -0.39 is 12.1 Å². The lowest BCUT2D eigenvalue weighted by Crippen LogP contribution is -2.34. The molecule has 0 heterocycles. The molecule has 4 heteroatoms. The first kappa shape index (κ1) is 19.5. The molecule has 1 aromatic rings. The molecule has 1 aromatic carbocycles. The van der Waals surface area contributed by atoms with E-state index in [-0.39, 0.29) is 12.5 Å². The Balaban J connectivity index is 2.62. The second kappa shape index (κ2) is 11.1. The summed E-state index contributed by atoms with van der Waals surface area (Å²) >= 11 is 0. The molecule has 0 radical (unpaired) electrons. The van der Waals surface area contributed by atoms with Crippen LogP contribution in [-0.4, -0.2) is 36.5 Å². The van der Waals surface area contributed by atoms with Crippen LogP contribution in [0.2, 0.25) is 0 Å². The van der Waals surface area contributed by atoms with Crippen LogP contribution in [0.15, 0.2) is 36.4 Å². The Morgan fingerprint density at radius 1 is 1.29 bits per heavy atom. The summed E-state index contributed by atoms with van der Waals surface area (Å²) in [5, 5.41) is 0. The van der Waals surface area contributed by atoms with Gasteiger partial charge >= 0.3 is 5.97 Å². The van der Waals surface area contributed by atoms with Crippen LogP contribution in [0.25, 0.3) is 6.08 Å². The van der Waals surface area contributed by atoms with E-state index in [2.05, 4.69) is 18.8 Å². The highest BCUT2D eigenvalue weighted by molar-refractivity contribution is 5.91. The highest BCUT2D eigenvalue weighted by Crippen LogP contribution is 2.03. The van der Waals surface area contributed by atoms with Crippen molar-refractivity contribution in [3.8, 4) is 11.8 Å². The molecule has 1 unspecified atom stereocenters. The number of carbonyl (C=O) groups is 2. The van der Waals surface area contributed by atoms with Gasteiger partial charge in [-0.2, -0.15) is 0 Å². The molecular weight excluding hydrogens is 302 g/mol. The van der Waals surface area contributed by atoms with Crippen molar-refractivity contribution in [1.82, 2.24) is 4.90 Å². The molecule has 1 atom stereocenters. The predicted octanol–water partition coefficient (Wildman–Crippen LogP) is 3.28. The molecule has 0 aliphatic heterocycles. The Morgan fingerprint density at radius 3 is 2.62 bits per heavy atom. The first-order valence-corrected chi connectivity index (χ1v) is 8.16. The van der Waals surface area contributed by atoms with Gasteiger partial charge in [0.15, 0.2) is 6.10 Å². The van der Waals surface area contributed by atoms with Crippen molar-refractivity contribution in [1.29, 1.82) is 0 Å². The summed E-state index contributed by atoms with van der Waals surface area (Å²) in [6.07, 6.45) is 5.50. The zero-order chi connectivity index (χ0) is 17.8. The number of nitrogens with zero attached hydrogens (tertiary/aromatic N) is 1. The maximum absolute atomic E-state index is 12.2. The van der Waals surface area contributed by atoms with Gasteiger partial charge in [0.1, 0.15) is 0 Å².